The maximum absolute atomic E-state index is 5.70. The summed E-state index contributed by atoms with van der Waals surface area (Å²) < 4.78 is 11.2. The average molecular weight is 317 g/mol. The Bertz CT molecular complexity index is 527. The van der Waals surface area contributed by atoms with E-state index >= 15 is 0 Å². The van der Waals surface area contributed by atoms with Gasteiger partial charge >= 0.3 is 0 Å². The molecule has 126 valence electrons. The summed E-state index contributed by atoms with van der Waals surface area (Å²) >= 11 is 0. The fourth-order valence-electron chi connectivity index (χ4n) is 3.22. The first-order chi connectivity index (χ1) is 11.4. The lowest BCUT2D eigenvalue weighted by molar-refractivity contribution is 0.0168. The minimum Gasteiger partial charge on any atom is -0.379 e. The Balaban J connectivity index is 1.37. The summed E-state index contributed by atoms with van der Waals surface area (Å²) in [6, 6.07) is 8.55. The van der Waals surface area contributed by atoms with Crippen LogP contribution in [0.1, 0.15) is 24.8 Å². The molecule has 1 aromatic carbocycles. The van der Waals surface area contributed by atoms with Crippen LogP contribution in [-0.2, 0) is 15.9 Å². The first-order valence-corrected chi connectivity index (χ1v) is 8.64. The molecule has 2 heterocycles. The van der Waals surface area contributed by atoms with Crippen LogP contribution in [-0.4, -0.2) is 52.0 Å². The van der Waals surface area contributed by atoms with Crippen molar-refractivity contribution < 1.29 is 9.47 Å². The number of hydrogen-bond acceptors (Lipinski definition) is 3. The molecule has 0 spiro atoms. The molecular formula is C18H27N3O2. The van der Waals surface area contributed by atoms with Crippen molar-refractivity contribution in [2.45, 2.75) is 31.8 Å². The molecule has 0 radical (unpaired) electrons. The van der Waals surface area contributed by atoms with Gasteiger partial charge in [0, 0.05) is 39.0 Å². The van der Waals surface area contributed by atoms with Crippen molar-refractivity contribution in [3.8, 4) is 0 Å². The van der Waals surface area contributed by atoms with E-state index in [0.29, 0.717) is 6.10 Å². The van der Waals surface area contributed by atoms with Crippen LogP contribution >= 0.6 is 0 Å². The molecule has 1 saturated heterocycles. The van der Waals surface area contributed by atoms with Crippen molar-refractivity contribution in [2.24, 2.45) is 4.99 Å². The highest BCUT2D eigenvalue weighted by Crippen LogP contribution is 2.27. The lowest BCUT2D eigenvalue weighted by Crippen LogP contribution is -2.41. The Kier molecular flexibility index (Phi) is 5.88. The lowest BCUT2D eigenvalue weighted by Gasteiger charge is -2.22. The second-order valence-electron chi connectivity index (χ2n) is 6.07. The molecule has 2 aliphatic heterocycles. The topological polar surface area (TPSA) is 46.1 Å². The predicted molar refractivity (Wildman–Crippen MR) is 93.3 cm³/mol. The van der Waals surface area contributed by atoms with Crippen LogP contribution in [0.5, 0.6) is 0 Å². The van der Waals surface area contributed by atoms with Gasteiger partial charge in [-0.1, -0.05) is 18.2 Å². The molecule has 1 atom stereocenters. The quantitative estimate of drug-likeness (QED) is 0.496. The SMILES string of the molecule is CN=C(NCCCOCC1CCCO1)N1CCc2ccccc21. The number of nitrogens with zero attached hydrogens (tertiary/aromatic N) is 2. The molecule has 5 heteroatoms. The van der Waals surface area contributed by atoms with Gasteiger partial charge in [-0.25, -0.2) is 0 Å². The third kappa shape index (κ3) is 4.24. The second kappa shape index (κ2) is 8.31. The Hall–Kier alpha value is -1.59. The van der Waals surface area contributed by atoms with Crippen molar-refractivity contribution in [3.05, 3.63) is 29.8 Å². The van der Waals surface area contributed by atoms with Gasteiger partial charge in [0.2, 0.25) is 0 Å². The minimum atomic E-state index is 0.317. The van der Waals surface area contributed by atoms with Crippen molar-refractivity contribution in [3.63, 3.8) is 0 Å². The number of benzene rings is 1. The molecule has 1 fully saturated rings. The number of nitrogens with one attached hydrogen (secondary N) is 1. The molecule has 23 heavy (non-hydrogen) atoms. The number of anilines is 1. The van der Waals surface area contributed by atoms with E-state index < -0.39 is 0 Å². The molecule has 0 bridgehead atoms. The largest absolute Gasteiger partial charge is 0.379 e. The molecule has 1 aromatic rings. The first-order valence-electron chi connectivity index (χ1n) is 8.64. The van der Waals surface area contributed by atoms with E-state index in [0.717, 1.165) is 58.1 Å². The van der Waals surface area contributed by atoms with Crippen LogP contribution < -0.4 is 10.2 Å². The first kappa shape index (κ1) is 16.3. The van der Waals surface area contributed by atoms with Gasteiger partial charge in [0.05, 0.1) is 12.7 Å². The monoisotopic (exact) mass is 317 g/mol. The number of guanidine groups is 1. The summed E-state index contributed by atoms with van der Waals surface area (Å²) in [7, 11) is 1.84. The fourth-order valence-corrected chi connectivity index (χ4v) is 3.22. The van der Waals surface area contributed by atoms with E-state index in [1.807, 2.05) is 7.05 Å². The van der Waals surface area contributed by atoms with Gasteiger partial charge in [-0.05, 0) is 37.3 Å². The number of hydrogen-bond donors (Lipinski definition) is 1. The second-order valence-corrected chi connectivity index (χ2v) is 6.07. The van der Waals surface area contributed by atoms with Gasteiger partial charge in [-0.2, -0.15) is 0 Å². The predicted octanol–water partition coefficient (Wildman–Crippen LogP) is 2.21. The highest BCUT2D eigenvalue weighted by Gasteiger charge is 2.22. The molecule has 2 aliphatic rings. The van der Waals surface area contributed by atoms with E-state index in [1.54, 1.807) is 0 Å². The van der Waals surface area contributed by atoms with Crippen molar-refractivity contribution in [2.75, 3.05) is 44.9 Å². The Morgan fingerprint density at radius 2 is 2.35 bits per heavy atom. The summed E-state index contributed by atoms with van der Waals surface area (Å²) in [5.74, 6) is 0.953. The molecule has 0 saturated carbocycles. The van der Waals surface area contributed by atoms with Gasteiger partial charge in [-0.15, -0.1) is 0 Å². The Labute approximate surface area is 138 Å². The molecule has 0 aromatic heterocycles. The number of ether oxygens (including phenoxy) is 2. The average Bonchev–Trinajstić information content (AvgIpc) is 3.24. The number of aliphatic imine (C=N–C) groups is 1. The van der Waals surface area contributed by atoms with Crippen LogP contribution in [0.2, 0.25) is 0 Å². The van der Waals surface area contributed by atoms with Gasteiger partial charge < -0.3 is 19.7 Å². The van der Waals surface area contributed by atoms with E-state index in [-0.39, 0.29) is 0 Å². The Morgan fingerprint density at radius 1 is 1.43 bits per heavy atom. The summed E-state index contributed by atoms with van der Waals surface area (Å²) in [6.45, 7) is 4.25. The standard InChI is InChI=1S/C18H27N3O2/c1-19-18(21-11-9-15-6-2-3-8-17(15)21)20-10-5-12-22-14-16-7-4-13-23-16/h2-3,6,8,16H,4-5,7,9-14H2,1H3,(H,19,20). The molecular weight excluding hydrogens is 290 g/mol. The van der Waals surface area contributed by atoms with Crippen molar-refractivity contribution in [1.29, 1.82) is 0 Å². The highest BCUT2D eigenvalue weighted by molar-refractivity contribution is 5.97. The summed E-state index contributed by atoms with van der Waals surface area (Å²) in [5.41, 5.74) is 2.67. The smallest absolute Gasteiger partial charge is 0.198 e. The molecule has 1 N–H and O–H groups in total. The third-order valence-electron chi connectivity index (χ3n) is 4.43. The number of para-hydroxylation sites is 1. The van der Waals surface area contributed by atoms with Gasteiger partial charge in [-0.3, -0.25) is 4.99 Å². The molecule has 5 nitrogen and oxygen atoms in total. The van der Waals surface area contributed by atoms with E-state index in [1.165, 1.54) is 17.7 Å². The fraction of sp³-hybridized carbons (Fsp3) is 0.611. The lowest BCUT2D eigenvalue weighted by atomic mass is 10.2. The van der Waals surface area contributed by atoms with E-state index in [4.69, 9.17) is 9.47 Å². The van der Waals surface area contributed by atoms with Crippen molar-refractivity contribution >= 4 is 11.6 Å². The maximum Gasteiger partial charge on any atom is 0.198 e. The molecule has 3 rings (SSSR count). The summed E-state index contributed by atoms with van der Waals surface area (Å²) in [4.78, 5) is 6.69. The van der Waals surface area contributed by atoms with Crippen molar-refractivity contribution in [1.82, 2.24) is 5.32 Å². The molecule has 0 amide bonds. The number of rotatable bonds is 6. The van der Waals surface area contributed by atoms with Gasteiger partial charge in [0.1, 0.15) is 0 Å². The Morgan fingerprint density at radius 3 is 3.17 bits per heavy atom. The van der Waals surface area contributed by atoms with Gasteiger partial charge in [0.25, 0.3) is 0 Å². The highest BCUT2D eigenvalue weighted by atomic mass is 16.5. The zero-order valence-electron chi connectivity index (χ0n) is 14.0. The zero-order valence-corrected chi connectivity index (χ0v) is 14.0. The third-order valence-corrected chi connectivity index (χ3v) is 4.43. The van der Waals surface area contributed by atoms with Crippen LogP contribution in [0.4, 0.5) is 5.69 Å². The number of fused-ring (bicyclic) bond motifs is 1. The summed E-state index contributed by atoms with van der Waals surface area (Å²) in [6.07, 6.45) is 4.68. The van der Waals surface area contributed by atoms with Crippen LogP contribution in [0.15, 0.2) is 29.3 Å². The van der Waals surface area contributed by atoms with E-state index in [2.05, 4.69) is 39.5 Å². The minimum absolute atomic E-state index is 0.317. The molecule has 1 unspecified atom stereocenters. The van der Waals surface area contributed by atoms with Crippen LogP contribution in [0.25, 0.3) is 0 Å². The van der Waals surface area contributed by atoms with Crippen LogP contribution in [0.3, 0.4) is 0 Å². The van der Waals surface area contributed by atoms with E-state index in [9.17, 15) is 0 Å². The van der Waals surface area contributed by atoms with Gasteiger partial charge in [0.15, 0.2) is 5.96 Å². The zero-order chi connectivity index (χ0) is 15.9. The normalized spacial score (nSPS) is 20.8. The summed E-state index contributed by atoms with van der Waals surface area (Å²) in [5, 5.41) is 3.45. The molecule has 0 aliphatic carbocycles. The maximum atomic E-state index is 5.70. The van der Waals surface area contributed by atoms with Crippen LogP contribution in [0, 0.1) is 0 Å².